The lowest BCUT2D eigenvalue weighted by Crippen LogP contribution is -2.55. The van der Waals surface area contributed by atoms with Crippen molar-refractivity contribution in [1.82, 2.24) is 25.2 Å². The number of hydrogen-bond acceptors (Lipinski definition) is 6. The first-order chi connectivity index (χ1) is 16.9. The Bertz CT molecular complexity index is 1150. The maximum atomic E-state index is 13.9. The third-order valence-electron chi connectivity index (χ3n) is 6.90. The number of carbonyl (C=O) groups is 2. The molecule has 2 amide bonds. The van der Waals surface area contributed by atoms with Crippen molar-refractivity contribution in [2.24, 2.45) is 5.41 Å². The van der Waals surface area contributed by atoms with Crippen LogP contribution in [0.3, 0.4) is 0 Å². The number of nitriles is 1. The molecule has 1 saturated heterocycles. The number of hydrogen-bond donors (Lipinski definition) is 2. The number of aliphatic hydroxyl groups excluding tert-OH is 1. The van der Waals surface area contributed by atoms with Gasteiger partial charge in [0.05, 0.1) is 23.4 Å². The summed E-state index contributed by atoms with van der Waals surface area (Å²) in [6, 6.07) is 7.95. The van der Waals surface area contributed by atoms with Crippen LogP contribution in [0.1, 0.15) is 82.7 Å². The maximum absolute atomic E-state index is 13.9. The lowest BCUT2D eigenvalue weighted by Gasteiger charge is -2.36. The molecule has 36 heavy (non-hydrogen) atoms. The van der Waals surface area contributed by atoms with Crippen LogP contribution < -0.4 is 5.32 Å². The molecule has 2 fully saturated rings. The molecule has 1 saturated carbocycles. The minimum atomic E-state index is -0.774. The summed E-state index contributed by atoms with van der Waals surface area (Å²) >= 11 is 0. The Morgan fingerprint density at radius 1 is 1.19 bits per heavy atom. The summed E-state index contributed by atoms with van der Waals surface area (Å²) in [5.74, 6) is -0.111. The van der Waals surface area contributed by atoms with Crippen LogP contribution in [0, 0.1) is 16.7 Å². The average molecular weight is 493 g/mol. The second kappa shape index (κ2) is 9.66. The van der Waals surface area contributed by atoms with Crippen molar-refractivity contribution in [2.45, 2.75) is 89.9 Å². The van der Waals surface area contributed by atoms with Gasteiger partial charge in [-0.05, 0) is 56.2 Å². The molecule has 2 aromatic rings. The summed E-state index contributed by atoms with van der Waals surface area (Å²) < 4.78 is 1.63. The summed E-state index contributed by atoms with van der Waals surface area (Å²) in [4.78, 5) is 28.8. The molecule has 0 bridgehead atoms. The van der Waals surface area contributed by atoms with Crippen LogP contribution in [0.15, 0.2) is 30.5 Å². The third kappa shape index (κ3) is 5.76. The van der Waals surface area contributed by atoms with E-state index >= 15 is 0 Å². The van der Waals surface area contributed by atoms with Gasteiger partial charge in [0.2, 0.25) is 11.8 Å². The predicted octanol–water partition coefficient (Wildman–Crippen LogP) is 2.71. The van der Waals surface area contributed by atoms with Crippen LogP contribution in [0.25, 0.3) is 0 Å². The van der Waals surface area contributed by atoms with Crippen molar-refractivity contribution in [3.63, 3.8) is 0 Å². The molecule has 4 rings (SSSR count). The smallest absolute Gasteiger partial charge is 0.248 e. The lowest BCUT2D eigenvalue weighted by atomic mass is 9.85. The van der Waals surface area contributed by atoms with Gasteiger partial charge in [-0.3, -0.25) is 9.59 Å². The zero-order valence-corrected chi connectivity index (χ0v) is 21.7. The van der Waals surface area contributed by atoms with Crippen LogP contribution in [-0.4, -0.2) is 61.0 Å². The first kappa shape index (κ1) is 25.8. The molecule has 0 radical (unpaired) electrons. The summed E-state index contributed by atoms with van der Waals surface area (Å²) in [5, 5.41) is 31.1. The van der Waals surface area contributed by atoms with Crippen molar-refractivity contribution in [3.05, 3.63) is 47.3 Å². The number of rotatable bonds is 7. The zero-order chi connectivity index (χ0) is 26.3. The van der Waals surface area contributed by atoms with E-state index in [2.05, 4.69) is 21.7 Å². The largest absolute Gasteiger partial charge is 0.391 e. The van der Waals surface area contributed by atoms with E-state index in [1.165, 1.54) is 4.90 Å². The third-order valence-corrected chi connectivity index (χ3v) is 6.90. The van der Waals surface area contributed by atoms with E-state index in [-0.39, 0.29) is 24.8 Å². The Labute approximate surface area is 212 Å². The predicted molar refractivity (Wildman–Crippen MR) is 134 cm³/mol. The summed E-state index contributed by atoms with van der Waals surface area (Å²) in [6.07, 6.45) is 4.00. The van der Waals surface area contributed by atoms with Crippen LogP contribution >= 0.6 is 0 Å². The van der Waals surface area contributed by atoms with Gasteiger partial charge < -0.3 is 15.3 Å². The molecular weight excluding hydrogens is 456 g/mol. The highest BCUT2D eigenvalue weighted by molar-refractivity contribution is 5.90. The fraction of sp³-hybridized carbons (Fsp3) is 0.593. The minimum absolute atomic E-state index is 0.101. The van der Waals surface area contributed by atoms with Crippen molar-refractivity contribution in [1.29, 1.82) is 5.26 Å². The normalized spacial score (nSPS) is 21.2. The topological polar surface area (TPSA) is 124 Å². The maximum Gasteiger partial charge on any atom is 0.248 e. The molecule has 192 valence electrons. The average Bonchev–Trinajstić information content (AvgIpc) is 3.39. The van der Waals surface area contributed by atoms with E-state index < -0.39 is 29.1 Å². The number of nitrogens with one attached hydrogen (secondary N) is 1. The molecule has 1 aromatic heterocycles. The van der Waals surface area contributed by atoms with Crippen LogP contribution in [-0.2, 0) is 16.0 Å². The van der Waals surface area contributed by atoms with Gasteiger partial charge in [-0.2, -0.15) is 5.26 Å². The van der Waals surface area contributed by atoms with Gasteiger partial charge in [0.15, 0.2) is 0 Å². The molecule has 0 spiro atoms. The van der Waals surface area contributed by atoms with Gasteiger partial charge in [-0.1, -0.05) is 38.1 Å². The van der Waals surface area contributed by atoms with E-state index in [4.69, 9.17) is 5.26 Å². The number of β-amino-alcohol motifs (C(OH)–C–C–N with tert-alkyl or cyclic N) is 1. The highest BCUT2D eigenvalue weighted by Gasteiger charge is 2.46. The molecular formula is C27H36N6O3. The minimum Gasteiger partial charge on any atom is -0.391 e. The first-order valence-corrected chi connectivity index (χ1v) is 12.6. The molecule has 1 aromatic carbocycles. The quantitative estimate of drug-likeness (QED) is 0.612. The first-order valence-electron chi connectivity index (χ1n) is 12.6. The van der Waals surface area contributed by atoms with Crippen LogP contribution in [0.4, 0.5) is 0 Å². The molecule has 2 heterocycles. The number of carbonyl (C=O) groups excluding carboxylic acids is 2. The van der Waals surface area contributed by atoms with E-state index in [9.17, 15) is 14.7 Å². The van der Waals surface area contributed by atoms with Crippen LogP contribution in [0.2, 0.25) is 0 Å². The van der Waals surface area contributed by atoms with Gasteiger partial charge in [0, 0.05) is 30.6 Å². The number of aromatic nitrogens is 3. The Kier molecular flexibility index (Phi) is 6.93. The van der Waals surface area contributed by atoms with E-state index in [0.29, 0.717) is 17.9 Å². The Morgan fingerprint density at radius 3 is 2.44 bits per heavy atom. The Hall–Kier alpha value is -3.25. The molecule has 9 heteroatoms. The highest BCUT2D eigenvalue weighted by Crippen LogP contribution is 2.40. The summed E-state index contributed by atoms with van der Waals surface area (Å²) in [5.41, 5.74) is 1.40. The Balaban J connectivity index is 1.50. The van der Waals surface area contributed by atoms with Gasteiger partial charge in [-0.25, -0.2) is 4.68 Å². The second-order valence-electron chi connectivity index (χ2n) is 11.9. The number of amides is 2. The molecule has 1 aliphatic carbocycles. The van der Waals surface area contributed by atoms with Gasteiger partial charge in [0.1, 0.15) is 12.1 Å². The summed E-state index contributed by atoms with van der Waals surface area (Å²) in [6.45, 7) is 9.85. The van der Waals surface area contributed by atoms with Crippen molar-refractivity contribution < 1.29 is 14.7 Å². The molecule has 3 atom stereocenters. The fourth-order valence-electron chi connectivity index (χ4n) is 4.99. The van der Waals surface area contributed by atoms with Gasteiger partial charge >= 0.3 is 0 Å². The molecule has 2 aliphatic rings. The molecule has 2 N–H and O–H groups in total. The van der Waals surface area contributed by atoms with E-state index in [1.807, 2.05) is 52.9 Å². The summed E-state index contributed by atoms with van der Waals surface area (Å²) in [7, 11) is 0. The second-order valence-corrected chi connectivity index (χ2v) is 11.9. The molecule has 1 aliphatic heterocycles. The number of nitrogens with zero attached hydrogens (tertiary/aromatic N) is 5. The van der Waals surface area contributed by atoms with E-state index in [0.717, 1.165) is 24.1 Å². The molecule has 0 unspecified atom stereocenters. The van der Waals surface area contributed by atoms with Crippen LogP contribution in [0.5, 0.6) is 0 Å². The van der Waals surface area contributed by atoms with Crippen molar-refractivity contribution in [3.8, 4) is 6.07 Å². The van der Waals surface area contributed by atoms with Crippen molar-refractivity contribution in [2.75, 3.05) is 6.54 Å². The van der Waals surface area contributed by atoms with Gasteiger partial charge in [-0.15, -0.1) is 5.10 Å². The number of aliphatic hydroxyl groups is 1. The molecule has 9 nitrogen and oxygen atoms in total. The van der Waals surface area contributed by atoms with Crippen molar-refractivity contribution >= 4 is 11.8 Å². The number of benzene rings is 1. The number of likely N-dealkylation sites (tertiary alicyclic amines) is 1. The fourth-order valence-corrected chi connectivity index (χ4v) is 4.99. The lowest BCUT2D eigenvalue weighted by molar-refractivity contribution is -0.144. The van der Waals surface area contributed by atoms with E-state index in [1.54, 1.807) is 16.8 Å². The van der Waals surface area contributed by atoms with Gasteiger partial charge in [0.25, 0.3) is 0 Å². The standard InChI is InChI=1S/C27H36N6O3/c1-26(2,3)23(33-16-21(30-31-33)19-10-11-19)25(36)32-15-20(34)12-22(32)24(35)29-27(4,5)13-17-6-8-18(14-28)9-7-17/h6-9,16,19-20,22-23,34H,10-13,15H2,1-5H3,(H,29,35)/t20-,22+,23-/m1/s1. The Morgan fingerprint density at radius 2 is 1.86 bits per heavy atom. The monoisotopic (exact) mass is 492 g/mol. The SMILES string of the molecule is CC(C)(Cc1ccc(C#N)cc1)NC(=O)[C@@H]1C[C@@H](O)CN1C(=O)[C@@H](n1cc(C2CC2)nn1)C(C)(C)C. The zero-order valence-electron chi connectivity index (χ0n) is 21.7. The highest BCUT2D eigenvalue weighted by atomic mass is 16.3.